The van der Waals surface area contributed by atoms with E-state index in [9.17, 15) is 17.9 Å². The number of rotatable bonds is 6. The second kappa shape index (κ2) is 10.7. The second-order valence-corrected chi connectivity index (χ2v) is 12.3. The summed E-state index contributed by atoms with van der Waals surface area (Å²) in [5, 5.41) is 14.1. The Bertz CT molecular complexity index is 1770. The molecule has 2 aliphatic rings. The fraction of sp³-hybridized carbons (Fsp3) is 0.286. The number of fused-ring (bicyclic) bond motifs is 2. The molecule has 3 heterocycles. The van der Waals surface area contributed by atoms with Gasteiger partial charge in [0.25, 0.3) is 10.0 Å². The van der Waals surface area contributed by atoms with Crippen LogP contribution in [0.2, 0.25) is 5.02 Å². The van der Waals surface area contributed by atoms with Crippen molar-refractivity contribution in [3.05, 3.63) is 70.9 Å². The van der Waals surface area contributed by atoms with Crippen LogP contribution in [0.4, 0.5) is 20.4 Å². The molecular formula is C28H26ClF2N5O4S. The van der Waals surface area contributed by atoms with E-state index < -0.39 is 39.0 Å². The number of nitrogens with zero attached hydrogens (tertiary/aromatic N) is 3. The van der Waals surface area contributed by atoms with Gasteiger partial charge in [0.05, 0.1) is 16.8 Å². The highest BCUT2D eigenvalue weighted by Crippen LogP contribution is 2.41. The Labute approximate surface area is 240 Å². The lowest BCUT2D eigenvalue weighted by atomic mass is 10.0. The lowest BCUT2D eigenvalue weighted by molar-refractivity contribution is 0.140. The summed E-state index contributed by atoms with van der Waals surface area (Å²) in [7, 11) is -2.35. The number of likely N-dealkylation sites (tertiary alicyclic amines) is 1. The molecule has 0 aliphatic carbocycles. The lowest BCUT2D eigenvalue weighted by Crippen LogP contribution is -2.37. The fourth-order valence-corrected chi connectivity index (χ4v) is 6.68. The molecule has 1 fully saturated rings. The maximum absolute atomic E-state index is 15.7. The van der Waals surface area contributed by atoms with Crippen molar-refractivity contribution in [2.45, 2.75) is 29.9 Å². The van der Waals surface area contributed by atoms with Crippen LogP contribution in [0.5, 0.6) is 5.75 Å². The van der Waals surface area contributed by atoms with Crippen LogP contribution < -0.4 is 14.8 Å². The largest absolute Gasteiger partial charge is 0.489 e. The van der Waals surface area contributed by atoms with E-state index in [1.165, 1.54) is 12.1 Å². The normalized spacial score (nSPS) is 17.8. The predicted molar refractivity (Wildman–Crippen MR) is 152 cm³/mol. The molecule has 1 unspecified atom stereocenters. The molecule has 3 aromatic carbocycles. The summed E-state index contributed by atoms with van der Waals surface area (Å²) in [6.07, 6.45) is 2.48. The first kappa shape index (κ1) is 27.6. The van der Waals surface area contributed by atoms with Crippen LogP contribution in [-0.2, 0) is 10.0 Å². The van der Waals surface area contributed by atoms with Crippen LogP contribution in [-0.4, -0.2) is 61.2 Å². The van der Waals surface area contributed by atoms with Crippen LogP contribution in [0.15, 0.2) is 53.6 Å². The first-order valence-corrected chi connectivity index (χ1v) is 14.8. The summed E-state index contributed by atoms with van der Waals surface area (Å²) in [6.45, 7) is 1.83. The Morgan fingerprint density at radius 3 is 2.68 bits per heavy atom. The molecule has 4 aromatic rings. The third-order valence-electron chi connectivity index (χ3n) is 7.34. The summed E-state index contributed by atoms with van der Waals surface area (Å²) in [5.74, 6) is -1.57. The van der Waals surface area contributed by atoms with E-state index in [0.29, 0.717) is 16.9 Å². The first-order valence-electron chi connectivity index (χ1n) is 13.0. The average Bonchev–Trinajstić information content (AvgIpc) is 3.31. The number of aromatic nitrogens is 2. The van der Waals surface area contributed by atoms with Crippen molar-refractivity contribution in [3.8, 4) is 16.9 Å². The molecule has 13 heteroatoms. The number of hydrogen-bond donors (Lipinski definition) is 3. The van der Waals surface area contributed by atoms with Crippen molar-refractivity contribution in [2.24, 2.45) is 0 Å². The fourth-order valence-electron chi connectivity index (χ4n) is 5.13. The van der Waals surface area contributed by atoms with E-state index >= 15 is 4.39 Å². The minimum atomic E-state index is -4.44. The van der Waals surface area contributed by atoms with Crippen LogP contribution in [0.25, 0.3) is 22.0 Å². The Balaban J connectivity index is 1.29. The summed E-state index contributed by atoms with van der Waals surface area (Å²) < 4.78 is 64.7. The van der Waals surface area contributed by atoms with Crippen LogP contribution in [0, 0.1) is 11.6 Å². The number of hydrogen-bond acceptors (Lipinski definition) is 8. The quantitative estimate of drug-likeness (QED) is 0.284. The summed E-state index contributed by atoms with van der Waals surface area (Å²) in [5.41, 5.74) is 0.102. The molecule has 0 amide bonds. The molecule has 0 spiro atoms. The van der Waals surface area contributed by atoms with Gasteiger partial charge >= 0.3 is 0 Å². The number of anilines is 2. The Kier molecular flexibility index (Phi) is 7.18. The molecule has 9 nitrogen and oxygen atoms in total. The zero-order valence-corrected chi connectivity index (χ0v) is 23.4. The Hall–Kier alpha value is -3.58. The van der Waals surface area contributed by atoms with Gasteiger partial charge in [-0.05, 0) is 74.9 Å². The van der Waals surface area contributed by atoms with Crippen LogP contribution >= 0.6 is 11.6 Å². The molecule has 3 N–H and O–H groups in total. The summed E-state index contributed by atoms with van der Waals surface area (Å²) in [6, 6.07) is 9.50. The van der Waals surface area contributed by atoms with E-state index in [-0.39, 0.29) is 39.4 Å². The maximum Gasteiger partial charge on any atom is 0.265 e. The maximum atomic E-state index is 15.7. The predicted octanol–water partition coefficient (Wildman–Crippen LogP) is 4.96. The van der Waals surface area contributed by atoms with E-state index in [2.05, 4.69) is 32.0 Å². The molecule has 1 aromatic heterocycles. The number of halogens is 3. The minimum absolute atomic E-state index is 0.0528. The van der Waals surface area contributed by atoms with Gasteiger partial charge < -0.3 is 20.1 Å². The highest BCUT2D eigenvalue weighted by atomic mass is 35.5. The summed E-state index contributed by atoms with van der Waals surface area (Å²) in [4.78, 5) is 10.8. The van der Waals surface area contributed by atoms with Crippen molar-refractivity contribution < 1.29 is 27.0 Å². The number of nitrogens with one attached hydrogen (secondary N) is 2. The number of aliphatic hydroxyl groups is 1. The minimum Gasteiger partial charge on any atom is -0.489 e. The van der Waals surface area contributed by atoms with Gasteiger partial charge in [-0.25, -0.2) is 27.2 Å². The summed E-state index contributed by atoms with van der Waals surface area (Å²) >= 11 is 6.07. The Morgan fingerprint density at radius 2 is 1.90 bits per heavy atom. The van der Waals surface area contributed by atoms with Gasteiger partial charge in [0.15, 0.2) is 5.82 Å². The topological polar surface area (TPSA) is 117 Å². The van der Waals surface area contributed by atoms with Gasteiger partial charge in [0.1, 0.15) is 29.2 Å². The van der Waals surface area contributed by atoms with Crippen LogP contribution in [0.1, 0.15) is 24.5 Å². The number of piperidine rings is 1. The molecule has 214 valence electrons. The average molecular weight is 602 g/mol. The molecule has 6 rings (SSSR count). The van der Waals surface area contributed by atoms with Gasteiger partial charge in [-0.2, -0.15) is 0 Å². The van der Waals surface area contributed by atoms with Gasteiger partial charge in [-0.1, -0.05) is 17.7 Å². The lowest BCUT2D eigenvalue weighted by Gasteiger charge is -2.29. The van der Waals surface area contributed by atoms with E-state index in [4.69, 9.17) is 16.3 Å². The standard InChI is InChI=1S/C28H26ClF2N5O4S/c1-36-8-6-18(7-9-36)33-28-32-13-16-10-15(2-4-21(16)34-28)25-20(30)3-5-22(26(25)31)35-41(38,39)24-12-17(29)11-19-23(37)14-40-27(19)24/h2-5,10-13,18,23,35,37H,6-9,14H2,1H3,(H,32,33,34). The van der Waals surface area contributed by atoms with Gasteiger partial charge in [-0.15, -0.1) is 0 Å². The Morgan fingerprint density at radius 1 is 1.12 bits per heavy atom. The van der Waals surface area contributed by atoms with Crippen molar-refractivity contribution >= 4 is 44.2 Å². The van der Waals surface area contributed by atoms with Crippen LogP contribution in [0.3, 0.4) is 0 Å². The molecule has 0 radical (unpaired) electrons. The van der Waals surface area contributed by atoms with Crippen molar-refractivity contribution in [3.63, 3.8) is 0 Å². The van der Waals surface area contributed by atoms with E-state index in [1.807, 2.05) is 0 Å². The van der Waals surface area contributed by atoms with Gasteiger partial charge in [-0.3, -0.25) is 4.72 Å². The number of sulfonamides is 1. The SMILES string of the molecule is CN1CCC(Nc2ncc3cc(-c4c(F)ccc(NS(=O)(=O)c5cc(Cl)cc6c5OCC6O)c4F)ccc3n2)CC1. The molecule has 2 aliphatic heterocycles. The monoisotopic (exact) mass is 601 g/mol. The zero-order chi connectivity index (χ0) is 28.9. The highest BCUT2D eigenvalue weighted by Gasteiger charge is 2.32. The third-order valence-corrected chi connectivity index (χ3v) is 8.93. The number of ether oxygens (including phenoxy) is 1. The molecule has 0 bridgehead atoms. The highest BCUT2D eigenvalue weighted by molar-refractivity contribution is 7.92. The van der Waals surface area contributed by atoms with Crippen molar-refractivity contribution in [1.29, 1.82) is 0 Å². The van der Waals surface area contributed by atoms with Gasteiger partial charge in [0, 0.05) is 28.2 Å². The molecule has 0 saturated carbocycles. The van der Waals surface area contributed by atoms with Crippen molar-refractivity contribution in [1.82, 2.24) is 14.9 Å². The van der Waals surface area contributed by atoms with Crippen molar-refractivity contribution in [2.75, 3.05) is 36.8 Å². The molecular weight excluding hydrogens is 576 g/mol. The smallest absolute Gasteiger partial charge is 0.265 e. The van der Waals surface area contributed by atoms with E-state index in [1.54, 1.807) is 18.3 Å². The first-order chi connectivity index (χ1) is 19.6. The number of aliphatic hydroxyl groups excluding tert-OH is 1. The molecule has 41 heavy (non-hydrogen) atoms. The molecule has 1 saturated heterocycles. The van der Waals surface area contributed by atoms with Gasteiger partial charge in [0.2, 0.25) is 5.95 Å². The zero-order valence-electron chi connectivity index (χ0n) is 21.9. The molecule has 1 atom stereocenters. The number of benzene rings is 3. The second-order valence-electron chi connectivity index (χ2n) is 10.2. The van der Waals surface area contributed by atoms with E-state index in [0.717, 1.165) is 44.1 Å². The third kappa shape index (κ3) is 5.40.